The molecular formula is C12H10N4O2. The van der Waals surface area contributed by atoms with Crippen LogP contribution in [0.2, 0.25) is 0 Å². The quantitative estimate of drug-likeness (QED) is 0.726. The van der Waals surface area contributed by atoms with Crippen molar-refractivity contribution in [2.24, 2.45) is 0 Å². The largest absolute Gasteiger partial charge is 0.420 e. The summed E-state index contributed by atoms with van der Waals surface area (Å²) in [6.07, 6.45) is 0.0882. The van der Waals surface area contributed by atoms with E-state index in [4.69, 9.17) is 4.42 Å². The maximum atomic E-state index is 11.2. The van der Waals surface area contributed by atoms with E-state index in [9.17, 15) is 4.79 Å². The lowest BCUT2D eigenvalue weighted by molar-refractivity contribution is -0.120. The van der Waals surface area contributed by atoms with Crippen molar-refractivity contribution in [2.75, 3.05) is 7.05 Å². The van der Waals surface area contributed by atoms with E-state index < -0.39 is 0 Å². The molecule has 0 saturated heterocycles. The van der Waals surface area contributed by atoms with Crippen LogP contribution in [0.3, 0.4) is 0 Å². The van der Waals surface area contributed by atoms with Crippen LogP contribution >= 0.6 is 0 Å². The molecule has 0 unspecified atom stereocenters. The first-order valence-electron chi connectivity index (χ1n) is 5.49. The van der Waals surface area contributed by atoms with E-state index in [0.717, 1.165) is 11.0 Å². The topological polar surface area (TPSA) is 80.9 Å². The molecule has 0 bridgehead atoms. The van der Waals surface area contributed by atoms with E-state index in [-0.39, 0.29) is 12.3 Å². The van der Waals surface area contributed by atoms with Gasteiger partial charge in [-0.2, -0.15) is 4.98 Å². The van der Waals surface area contributed by atoms with E-state index in [1.54, 1.807) is 7.05 Å². The molecule has 90 valence electrons. The first kappa shape index (κ1) is 10.6. The maximum absolute atomic E-state index is 11.2. The number of rotatable bonds is 2. The average Bonchev–Trinajstić information content (AvgIpc) is 2.76. The Kier molecular flexibility index (Phi) is 2.40. The van der Waals surface area contributed by atoms with Gasteiger partial charge in [-0.15, -0.1) is 0 Å². The summed E-state index contributed by atoms with van der Waals surface area (Å²) in [5.41, 5.74) is 2.28. The molecule has 1 amide bonds. The van der Waals surface area contributed by atoms with Gasteiger partial charge in [-0.05, 0) is 12.1 Å². The van der Waals surface area contributed by atoms with Crippen LogP contribution in [-0.4, -0.2) is 27.9 Å². The lowest BCUT2D eigenvalue weighted by atomic mass is 10.3. The first-order chi connectivity index (χ1) is 8.76. The summed E-state index contributed by atoms with van der Waals surface area (Å²) in [5, 5.41) is 2.51. The zero-order chi connectivity index (χ0) is 12.5. The number of nitrogens with zero attached hydrogens (tertiary/aromatic N) is 3. The van der Waals surface area contributed by atoms with E-state index >= 15 is 0 Å². The van der Waals surface area contributed by atoms with Gasteiger partial charge in [-0.1, -0.05) is 12.1 Å². The molecule has 0 aliphatic rings. The summed E-state index contributed by atoms with van der Waals surface area (Å²) in [7, 11) is 1.57. The summed E-state index contributed by atoms with van der Waals surface area (Å²) in [5.74, 6) is 0.158. The fraction of sp³-hybridized carbons (Fsp3) is 0.167. The van der Waals surface area contributed by atoms with Crippen molar-refractivity contribution in [3.63, 3.8) is 0 Å². The van der Waals surface area contributed by atoms with Crippen LogP contribution in [-0.2, 0) is 11.2 Å². The van der Waals surface area contributed by atoms with Gasteiger partial charge in [0.1, 0.15) is 6.42 Å². The van der Waals surface area contributed by atoms with Gasteiger partial charge in [0, 0.05) is 7.05 Å². The molecule has 1 aromatic carbocycles. The zero-order valence-electron chi connectivity index (χ0n) is 9.67. The highest BCUT2D eigenvalue weighted by atomic mass is 16.4. The van der Waals surface area contributed by atoms with Crippen molar-refractivity contribution in [3.8, 4) is 0 Å². The number of amides is 1. The smallest absolute Gasteiger partial charge is 0.267 e. The normalized spacial score (nSPS) is 10.9. The number of hydrogen-bond donors (Lipinski definition) is 1. The average molecular weight is 242 g/mol. The SMILES string of the molecule is CNC(=O)Cc1nc2nc3ccccc3nc2o1. The predicted octanol–water partition coefficient (Wildman–Crippen LogP) is 1.06. The molecule has 0 aliphatic carbocycles. The summed E-state index contributed by atoms with van der Waals surface area (Å²) in [6, 6.07) is 7.47. The minimum absolute atomic E-state index is 0.0882. The van der Waals surface area contributed by atoms with Crippen LogP contribution in [0.25, 0.3) is 22.4 Å². The number of likely N-dealkylation sites (N-methyl/N-ethyl adjacent to an activating group) is 1. The number of fused-ring (bicyclic) bond motifs is 2. The molecule has 3 aromatic rings. The second-order valence-corrected chi connectivity index (χ2v) is 3.80. The number of benzene rings is 1. The number of hydrogen-bond acceptors (Lipinski definition) is 5. The summed E-state index contributed by atoms with van der Waals surface area (Å²) >= 11 is 0. The van der Waals surface area contributed by atoms with Gasteiger partial charge in [0.15, 0.2) is 0 Å². The molecular weight excluding hydrogens is 232 g/mol. The van der Waals surface area contributed by atoms with Crippen molar-refractivity contribution in [2.45, 2.75) is 6.42 Å². The molecule has 0 radical (unpaired) electrons. The lowest BCUT2D eigenvalue weighted by Crippen LogP contribution is -2.19. The van der Waals surface area contributed by atoms with Crippen LogP contribution in [0.15, 0.2) is 28.7 Å². The highest BCUT2D eigenvalue weighted by molar-refractivity contribution is 5.82. The number of oxazole rings is 1. The van der Waals surface area contributed by atoms with Crippen LogP contribution in [0.1, 0.15) is 5.89 Å². The van der Waals surface area contributed by atoms with Crippen LogP contribution < -0.4 is 5.32 Å². The third-order valence-electron chi connectivity index (χ3n) is 2.56. The summed E-state index contributed by atoms with van der Waals surface area (Å²) < 4.78 is 5.40. The molecule has 1 N–H and O–H groups in total. The number of para-hydroxylation sites is 2. The molecule has 18 heavy (non-hydrogen) atoms. The van der Waals surface area contributed by atoms with Gasteiger partial charge in [-0.3, -0.25) is 4.79 Å². The van der Waals surface area contributed by atoms with Gasteiger partial charge >= 0.3 is 0 Å². The molecule has 2 heterocycles. The molecule has 0 saturated carbocycles. The second kappa shape index (κ2) is 4.06. The van der Waals surface area contributed by atoms with Crippen molar-refractivity contribution in [1.29, 1.82) is 0 Å². The van der Waals surface area contributed by atoms with Gasteiger partial charge in [0.05, 0.1) is 11.0 Å². The Balaban J connectivity index is 2.11. The molecule has 0 fully saturated rings. The predicted molar refractivity (Wildman–Crippen MR) is 64.9 cm³/mol. The maximum Gasteiger partial charge on any atom is 0.267 e. The van der Waals surface area contributed by atoms with Gasteiger partial charge in [0.25, 0.3) is 5.71 Å². The Morgan fingerprint density at radius 2 is 1.94 bits per heavy atom. The van der Waals surface area contributed by atoms with Gasteiger partial charge in [0.2, 0.25) is 17.4 Å². The van der Waals surface area contributed by atoms with Crippen LogP contribution in [0, 0.1) is 0 Å². The summed E-state index contributed by atoms with van der Waals surface area (Å²) in [4.78, 5) is 24.0. The number of carbonyl (C=O) groups is 1. The Morgan fingerprint density at radius 1 is 1.22 bits per heavy atom. The second-order valence-electron chi connectivity index (χ2n) is 3.80. The van der Waals surface area contributed by atoms with Crippen LogP contribution in [0.5, 0.6) is 0 Å². The highest BCUT2D eigenvalue weighted by Gasteiger charge is 2.12. The Hall–Kier alpha value is -2.50. The molecule has 3 rings (SSSR count). The minimum atomic E-state index is -0.161. The Morgan fingerprint density at radius 3 is 2.67 bits per heavy atom. The first-order valence-corrected chi connectivity index (χ1v) is 5.49. The van der Waals surface area contributed by atoms with Gasteiger partial charge in [-0.25, -0.2) is 9.97 Å². The Bertz CT molecular complexity index is 683. The molecule has 2 aromatic heterocycles. The Labute approximate surface area is 102 Å². The van der Waals surface area contributed by atoms with Crippen molar-refractivity contribution >= 4 is 28.3 Å². The zero-order valence-corrected chi connectivity index (χ0v) is 9.67. The number of aromatic nitrogens is 3. The number of nitrogens with one attached hydrogen (secondary N) is 1. The van der Waals surface area contributed by atoms with Crippen molar-refractivity contribution in [1.82, 2.24) is 20.3 Å². The molecule has 0 aliphatic heterocycles. The molecule has 6 nitrogen and oxygen atoms in total. The van der Waals surface area contributed by atoms with E-state index in [1.807, 2.05) is 24.3 Å². The standard InChI is InChI=1S/C12H10N4O2/c1-13-9(17)6-10-16-11-12(18-10)15-8-5-3-2-4-7(8)14-11/h2-5H,6H2,1H3,(H,13,17). The van der Waals surface area contributed by atoms with Crippen LogP contribution in [0.4, 0.5) is 0 Å². The minimum Gasteiger partial charge on any atom is -0.420 e. The molecule has 6 heteroatoms. The van der Waals surface area contributed by atoms with E-state index in [0.29, 0.717) is 17.3 Å². The highest BCUT2D eigenvalue weighted by Crippen LogP contribution is 2.16. The molecule has 0 atom stereocenters. The summed E-state index contributed by atoms with van der Waals surface area (Å²) in [6.45, 7) is 0. The van der Waals surface area contributed by atoms with E-state index in [2.05, 4.69) is 20.3 Å². The van der Waals surface area contributed by atoms with Gasteiger partial charge < -0.3 is 9.73 Å². The van der Waals surface area contributed by atoms with E-state index in [1.165, 1.54) is 0 Å². The van der Waals surface area contributed by atoms with Crippen molar-refractivity contribution < 1.29 is 9.21 Å². The fourth-order valence-electron chi connectivity index (χ4n) is 1.67. The third kappa shape index (κ3) is 1.77. The number of carbonyl (C=O) groups excluding carboxylic acids is 1. The lowest BCUT2D eigenvalue weighted by Gasteiger charge is -1.93. The fourth-order valence-corrected chi connectivity index (χ4v) is 1.67. The van der Waals surface area contributed by atoms with Crippen molar-refractivity contribution in [3.05, 3.63) is 30.2 Å². The third-order valence-corrected chi connectivity index (χ3v) is 2.56. The monoisotopic (exact) mass is 242 g/mol. The molecule has 0 spiro atoms.